The Morgan fingerprint density at radius 2 is 1.88 bits per heavy atom. The number of benzene rings is 2. The van der Waals surface area contributed by atoms with Gasteiger partial charge in [-0.15, -0.1) is 11.8 Å². The van der Waals surface area contributed by atoms with E-state index in [1.54, 1.807) is 11.8 Å². The summed E-state index contributed by atoms with van der Waals surface area (Å²) in [6, 6.07) is 17.5. The number of hydrogen-bond acceptors (Lipinski definition) is 6. The molecule has 2 aromatic carbocycles. The second-order valence-corrected chi connectivity index (χ2v) is 6.27. The normalized spacial score (nSPS) is 10.6. The topological polar surface area (TPSA) is 65.2 Å². The van der Waals surface area contributed by atoms with Crippen LogP contribution in [0, 0.1) is 0 Å². The summed E-state index contributed by atoms with van der Waals surface area (Å²) in [4.78, 5) is 17.4. The van der Waals surface area contributed by atoms with Gasteiger partial charge in [0.2, 0.25) is 11.7 Å². The van der Waals surface area contributed by atoms with E-state index in [0.29, 0.717) is 18.1 Å². The highest BCUT2D eigenvalue weighted by Crippen LogP contribution is 2.17. The van der Waals surface area contributed by atoms with Crippen LogP contribution in [-0.2, 0) is 22.6 Å². The maximum absolute atomic E-state index is 11.9. The molecule has 1 aromatic heterocycles. The van der Waals surface area contributed by atoms with Crippen molar-refractivity contribution in [3.63, 3.8) is 0 Å². The van der Waals surface area contributed by atoms with Gasteiger partial charge >= 0.3 is 5.97 Å². The summed E-state index contributed by atoms with van der Waals surface area (Å²) in [7, 11) is 0. The first-order valence-electron chi connectivity index (χ1n) is 7.91. The number of ether oxygens (including phenoxy) is 1. The SMILES string of the molecule is CSc1ccc(COC(=O)CCc2nc(-c3ccccc3)no2)cc1. The van der Waals surface area contributed by atoms with E-state index in [4.69, 9.17) is 9.26 Å². The fraction of sp³-hybridized carbons (Fsp3) is 0.211. The van der Waals surface area contributed by atoms with Crippen molar-refractivity contribution in [3.8, 4) is 11.4 Å². The predicted molar refractivity (Wildman–Crippen MR) is 96.1 cm³/mol. The first-order valence-corrected chi connectivity index (χ1v) is 9.13. The second kappa shape index (κ2) is 8.48. The Kier molecular flexibility index (Phi) is 5.85. The Hall–Kier alpha value is -2.60. The molecule has 1 heterocycles. The number of aromatic nitrogens is 2. The van der Waals surface area contributed by atoms with E-state index in [9.17, 15) is 4.79 Å². The van der Waals surface area contributed by atoms with E-state index in [1.807, 2.05) is 60.9 Å². The monoisotopic (exact) mass is 354 g/mol. The van der Waals surface area contributed by atoms with E-state index in [0.717, 1.165) is 11.1 Å². The number of thioether (sulfide) groups is 1. The molecule has 0 atom stereocenters. The van der Waals surface area contributed by atoms with Gasteiger partial charge in [0.25, 0.3) is 0 Å². The molecule has 0 spiro atoms. The van der Waals surface area contributed by atoms with Crippen molar-refractivity contribution >= 4 is 17.7 Å². The Labute approximate surface area is 150 Å². The molecule has 6 heteroatoms. The summed E-state index contributed by atoms with van der Waals surface area (Å²) in [6.45, 7) is 0.270. The molecule has 0 aliphatic heterocycles. The van der Waals surface area contributed by atoms with Crippen molar-refractivity contribution < 1.29 is 14.1 Å². The average molecular weight is 354 g/mol. The molecule has 0 saturated heterocycles. The second-order valence-electron chi connectivity index (χ2n) is 5.39. The molecule has 0 radical (unpaired) electrons. The van der Waals surface area contributed by atoms with Gasteiger partial charge in [-0.05, 0) is 24.0 Å². The highest BCUT2D eigenvalue weighted by atomic mass is 32.2. The molecule has 0 aliphatic rings. The Morgan fingerprint density at radius 3 is 2.60 bits per heavy atom. The Morgan fingerprint density at radius 1 is 1.12 bits per heavy atom. The number of aryl methyl sites for hydroxylation is 1. The third-order valence-electron chi connectivity index (χ3n) is 3.60. The van der Waals surface area contributed by atoms with Crippen LogP contribution >= 0.6 is 11.8 Å². The number of carbonyl (C=O) groups excluding carboxylic acids is 1. The molecule has 0 bridgehead atoms. The molecule has 128 valence electrons. The average Bonchev–Trinajstić information content (AvgIpc) is 3.15. The molecule has 3 rings (SSSR count). The maximum Gasteiger partial charge on any atom is 0.306 e. The highest BCUT2D eigenvalue weighted by molar-refractivity contribution is 7.98. The van der Waals surface area contributed by atoms with E-state index in [1.165, 1.54) is 4.90 Å². The zero-order valence-electron chi connectivity index (χ0n) is 13.8. The number of rotatable bonds is 7. The van der Waals surface area contributed by atoms with Gasteiger partial charge in [0.05, 0.1) is 6.42 Å². The highest BCUT2D eigenvalue weighted by Gasteiger charge is 2.11. The molecular weight excluding hydrogens is 336 g/mol. The van der Waals surface area contributed by atoms with Crippen LogP contribution in [0.15, 0.2) is 64.0 Å². The van der Waals surface area contributed by atoms with Gasteiger partial charge in [-0.2, -0.15) is 4.98 Å². The van der Waals surface area contributed by atoms with Crippen molar-refractivity contribution in [2.24, 2.45) is 0 Å². The molecule has 0 fully saturated rings. The molecule has 0 unspecified atom stereocenters. The van der Waals surface area contributed by atoms with Crippen LogP contribution < -0.4 is 0 Å². The number of esters is 1. The molecule has 0 aliphatic carbocycles. The van der Waals surface area contributed by atoms with E-state index >= 15 is 0 Å². The molecular formula is C19H18N2O3S. The molecule has 0 N–H and O–H groups in total. The summed E-state index contributed by atoms with van der Waals surface area (Å²) in [6.07, 6.45) is 2.60. The van der Waals surface area contributed by atoms with Gasteiger partial charge in [0, 0.05) is 16.9 Å². The van der Waals surface area contributed by atoms with Gasteiger partial charge < -0.3 is 9.26 Å². The first kappa shape index (κ1) is 17.2. The van der Waals surface area contributed by atoms with Crippen LogP contribution in [0.25, 0.3) is 11.4 Å². The van der Waals surface area contributed by atoms with Gasteiger partial charge in [-0.1, -0.05) is 47.6 Å². The smallest absolute Gasteiger partial charge is 0.306 e. The Bertz CT molecular complexity index is 816. The van der Waals surface area contributed by atoms with Crippen molar-refractivity contribution in [2.45, 2.75) is 24.3 Å². The summed E-state index contributed by atoms with van der Waals surface area (Å²) < 4.78 is 10.5. The van der Waals surface area contributed by atoms with E-state index in [2.05, 4.69) is 10.1 Å². The molecule has 0 saturated carbocycles. The third-order valence-corrected chi connectivity index (χ3v) is 4.35. The van der Waals surface area contributed by atoms with Gasteiger partial charge in [0.1, 0.15) is 6.61 Å². The van der Waals surface area contributed by atoms with Crippen molar-refractivity contribution in [1.82, 2.24) is 10.1 Å². The van der Waals surface area contributed by atoms with Crippen molar-refractivity contribution in [2.75, 3.05) is 6.26 Å². The van der Waals surface area contributed by atoms with Crippen LogP contribution in [0.1, 0.15) is 17.9 Å². The van der Waals surface area contributed by atoms with Crippen LogP contribution in [0.2, 0.25) is 0 Å². The summed E-state index contributed by atoms with van der Waals surface area (Å²) in [5.74, 6) is 0.673. The minimum Gasteiger partial charge on any atom is -0.461 e. The number of hydrogen-bond donors (Lipinski definition) is 0. The minimum absolute atomic E-state index is 0.208. The van der Waals surface area contributed by atoms with Gasteiger partial charge in [0.15, 0.2) is 0 Å². The fourth-order valence-electron chi connectivity index (χ4n) is 2.23. The number of carbonyl (C=O) groups is 1. The molecule has 5 nitrogen and oxygen atoms in total. The summed E-state index contributed by atoms with van der Waals surface area (Å²) >= 11 is 1.68. The lowest BCUT2D eigenvalue weighted by atomic mass is 10.2. The quantitative estimate of drug-likeness (QED) is 0.469. The van der Waals surface area contributed by atoms with Crippen LogP contribution in [0.5, 0.6) is 0 Å². The molecule has 0 amide bonds. The third kappa shape index (κ3) is 4.93. The first-order chi connectivity index (χ1) is 12.2. The minimum atomic E-state index is -0.284. The largest absolute Gasteiger partial charge is 0.461 e. The molecule has 3 aromatic rings. The van der Waals surface area contributed by atoms with Crippen LogP contribution in [-0.4, -0.2) is 22.4 Å². The predicted octanol–water partition coefficient (Wildman–Crippen LogP) is 4.13. The zero-order chi connectivity index (χ0) is 17.5. The maximum atomic E-state index is 11.9. The zero-order valence-corrected chi connectivity index (χ0v) is 14.7. The van der Waals surface area contributed by atoms with Crippen LogP contribution in [0.4, 0.5) is 0 Å². The Balaban J connectivity index is 1.46. The van der Waals surface area contributed by atoms with E-state index in [-0.39, 0.29) is 19.0 Å². The van der Waals surface area contributed by atoms with E-state index < -0.39 is 0 Å². The lowest BCUT2D eigenvalue weighted by Crippen LogP contribution is -2.06. The fourth-order valence-corrected chi connectivity index (χ4v) is 2.64. The standard InChI is InChI=1S/C19H18N2O3S/c1-25-16-9-7-14(8-10-16)13-23-18(22)12-11-17-20-19(21-24-17)15-5-3-2-4-6-15/h2-10H,11-13H2,1H3. The van der Waals surface area contributed by atoms with Gasteiger partial charge in [-0.3, -0.25) is 4.79 Å². The lowest BCUT2D eigenvalue weighted by Gasteiger charge is -2.04. The van der Waals surface area contributed by atoms with Gasteiger partial charge in [-0.25, -0.2) is 0 Å². The summed E-state index contributed by atoms with van der Waals surface area (Å²) in [5, 5.41) is 3.93. The van der Waals surface area contributed by atoms with Crippen molar-refractivity contribution in [3.05, 3.63) is 66.1 Å². The summed E-state index contributed by atoms with van der Waals surface area (Å²) in [5.41, 5.74) is 1.85. The van der Waals surface area contributed by atoms with Crippen molar-refractivity contribution in [1.29, 1.82) is 0 Å². The number of nitrogens with zero attached hydrogens (tertiary/aromatic N) is 2. The van der Waals surface area contributed by atoms with Crippen LogP contribution in [0.3, 0.4) is 0 Å². The molecule has 25 heavy (non-hydrogen) atoms. The lowest BCUT2D eigenvalue weighted by molar-refractivity contribution is -0.145.